The van der Waals surface area contributed by atoms with E-state index in [9.17, 15) is 4.79 Å². The van der Waals surface area contributed by atoms with Gasteiger partial charge in [-0.05, 0) is 48.7 Å². The van der Waals surface area contributed by atoms with Gasteiger partial charge in [-0.25, -0.2) is 4.98 Å². The molecule has 5 rings (SSSR count). The standard InChI is InChI=1S/C24H22ClN5O2S/c1-15(2)11-12-29-22(31)18-5-3-4-6-19(18)30-23(29)27-28-24(30)33-14-21-26-13-20(32-21)16-7-9-17(25)10-8-16/h3-10,13,15H,11-12,14H2,1-2H3. The van der Waals surface area contributed by atoms with E-state index in [2.05, 4.69) is 29.0 Å². The normalized spacial score (nSPS) is 11.8. The van der Waals surface area contributed by atoms with Gasteiger partial charge >= 0.3 is 0 Å². The van der Waals surface area contributed by atoms with Crippen LogP contribution < -0.4 is 5.56 Å². The van der Waals surface area contributed by atoms with Crippen LogP contribution in [0.5, 0.6) is 0 Å². The Kier molecular flexibility index (Phi) is 5.95. The van der Waals surface area contributed by atoms with Crippen LogP contribution in [0.25, 0.3) is 28.0 Å². The van der Waals surface area contributed by atoms with Crippen molar-refractivity contribution in [2.45, 2.75) is 37.7 Å². The van der Waals surface area contributed by atoms with Gasteiger partial charge in [0.2, 0.25) is 11.7 Å². The second-order valence-electron chi connectivity index (χ2n) is 8.19. The van der Waals surface area contributed by atoms with Crippen LogP contribution in [0.2, 0.25) is 5.02 Å². The number of rotatable bonds is 7. The number of aryl methyl sites for hydroxylation is 1. The predicted octanol–water partition coefficient (Wildman–Crippen LogP) is 5.69. The lowest BCUT2D eigenvalue weighted by atomic mass is 10.1. The molecule has 0 saturated heterocycles. The number of aromatic nitrogens is 5. The lowest BCUT2D eigenvalue weighted by Gasteiger charge is -2.12. The summed E-state index contributed by atoms with van der Waals surface area (Å²) in [5, 5.41) is 10.8. The summed E-state index contributed by atoms with van der Waals surface area (Å²) in [4.78, 5) is 17.5. The highest BCUT2D eigenvalue weighted by Gasteiger charge is 2.18. The monoisotopic (exact) mass is 479 g/mol. The molecule has 0 bridgehead atoms. The number of fused-ring (bicyclic) bond motifs is 3. The van der Waals surface area contributed by atoms with Gasteiger partial charge in [0.15, 0.2) is 10.9 Å². The van der Waals surface area contributed by atoms with E-state index >= 15 is 0 Å². The average Bonchev–Trinajstić information content (AvgIpc) is 3.45. The Morgan fingerprint density at radius 1 is 1.09 bits per heavy atom. The quantitative estimate of drug-likeness (QED) is 0.279. The van der Waals surface area contributed by atoms with E-state index in [1.165, 1.54) is 11.8 Å². The summed E-state index contributed by atoms with van der Waals surface area (Å²) in [6, 6.07) is 15.0. The molecule has 0 fully saturated rings. The van der Waals surface area contributed by atoms with Crippen LogP contribution in [0.4, 0.5) is 0 Å². The first-order valence-corrected chi connectivity index (χ1v) is 12.1. The maximum absolute atomic E-state index is 13.1. The first-order valence-electron chi connectivity index (χ1n) is 10.7. The van der Waals surface area contributed by atoms with Gasteiger partial charge in [-0.15, -0.1) is 10.2 Å². The van der Waals surface area contributed by atoms with Crippen molar-refractivity contribution in [3.63, 3.8) is 0 Å². The zero-order valence-corrected chi connectivity index (χ0v) is 19.8. The van der Waals surface area contributed by atoms with Gasteiger partial charge < -0.3 is 4.42 Å². The highest BCUT2D eigenvalue weighted by Crippen LogP contribution is 2.27. The molecule has 168 valence electrons. The van der Waals surface area contributed by atoms with Crippen molar-refractivity contribution in [3.8, 4) is 11.3 Å². The minimum atomic E-state index is -0.0389. The second kappa shape index (κ2) is 9.03. The minimum Gasteiger partial charge on any atom is -0.440 e. The highest BCUT2D eigenvalue weighted by molar-refractivity contribution is 7.98. The summed E-state index contributed by atoms with van der Waals surface area (Å²) in [6.07, 6.45) is 2.59. The van der Waals surface area contributed by atoms with Gasteiger partial charge in [0.1, 0.15) is 0 Å². The van der Waals surface area contributed by atoms with Crippen molar-refractivity contribution < 1.29 is 4.42 Å². The molecule has 3 aromatic heterocycles. The molecular weight excluding hydrogens is 458 g/mol. The van der Waals surface area contributed by atoms with Gasteiger partial charge in [0.05, 0.1) is 22.9 Å². The number of hydrogen-bond donors (Lipinski definition) is 0. The number of thioether (sulfide) groups is 1. The van der Waals surface area contributed by atoms with E-state index in [-0.39, 0.29) is 5.56 Å². The van der Waals surface area contributed by atoms with Crippen molar-refractivity contribution in [3.05, 3.63) is 76.0 Å². The van der Waals surface area contributed by atoms with Gasteiger partial charge in [-0.3, -0.25) is 13.8 Å². The highest BCUT2D eigenvalue weighted by atomic mass is 35.5. The zero-order chi connectivity index (χ0) is 22.9. The number of nitrogens with zero attached hydrogens (tertiary/aromatic N) is 5. The van der Waals surface area contributed by atoms with Crippen LogP contribution >= 0.6 is 23.4 Å². The van der Waals surface area contributed by atoms with Crippen molar-refractivity contribution in [2.24, 2.45) is 5.92 Å². The van der Waals surface area contributed by atoms with Crippen LogP contribution in [0.3, 0.4) is 0 Å². The average molecular weight is 480 g/mol. The topological polar surface area (TPSA) is 78.2 Å². The maximum atomic E-state index is 13.1. The van der Waals surface area contributed by atoms with E-state index in [1.54, 1.807) is 10.8 Å². The van der Waals surface area contributed by atoms with Crippen molar-refractivity contribution in [1.82, 2.24) is 24.1 Å². The van der Waals surface area contributed by atoms with Crippen molar-refractivity contribution in [2.75, 3.05) is 0 Å². The van der Waals surface area contributed by atoms with Crippen LogP contribution in [0, 0.1) is 5.92 Å². The fraction of sp³-hybridized carbons (Fsp3) is 0.250. The molecule has 0 saturated carbocycles. The van der Waals surface area contributed by atoms with Crippen LogP contribution in [-0.4, -0.2) is 24.1 Å². The SMILES string of the molecule is CC(C)CCn1c(=O)c2ccccc2n2c(SCc3ncc(-c4ccc(Cl)cc4)o3)nnc12. The minimum absolute atomic E-state index is 0.0389. The molecule has 9 heteroatoms. The van der Waals surface area contributed by atoms with E-state index in [4.69, 9.17) is 16.0 Å². The summed E-state index contributed by atoms with van der Waals surface area (Å²) >= 11 is 7.44. The molecule has 2 aromatic carbocycles. The molecule has 5 aromatic rings. The van der Waals surface area contributed by atoms with Crippen molar-refractivity contribution >= 4 is 40.0 Å². The molecule has 0 N–H and O–H groups in total. The molecule has 0 unspecified atom stereocenters. The van der Waals surface area contributed by atoms with E-state index in [0.29, 0.717) is 51.2 Å². The summed E-state index contributed by atoms with van der Waals surface area (Å²) in [5.74, 6) is 2.77. The molecule has 7 nitrogen and oxygen atoms in total. The van der Waals surface area contributed by atoms with Gasteiger partial charge in [0.25, 0.3) is 5.56 Å². The number of para-hydroxylation sites is 1. The smallest absolute Gasteiger partial charge is 0.262 e. The Hall–Kier alpha value is -3.10. The summed E-state index contributed by atoms with van der Waals surface area (Å²) in [6.45, 7) is 4.88. The summed E-state index contributed by atoms with van der Waals surface area (Å²) in [7, 11) is 0. The van der Waals surface area contributed by atoms with Crippen LogP contribution in [-0.2, 0) is 12.3 Å². The van der Waals surface area contributed by atoms with E-state index in [1.807, 2.05) is 52.9 Å². The van der Waals surface area contributed by atoms with Gasteiger partial charge in [0, 0.05) is 17.1 Å². The molecule has 3 heterocycles. The number of hydrogen-bond acceptors (Lipinski definition) is 6. The Bertz CT molecular complexity index is 1490. The molecule has 0 aliphatic heterocycles. The van der Waals surface area contributed by atoms with Crippen molar-refractivity contribution in [1.29, 1.82) is 0 Å². The summed E-state index contributed by atoms with van der Waals surface area (Å²) < 4.78 is 9.60. The second-order valence-corrected chi connectivity index (χ2v) is 9.57. The third-order valence-electron chi connectivity index (χ3n) is 5.42. The molecule has 0 radical (unpaired) electrons. The Labute approximate surface area is 199 Å². The Morgan fingerprint density at radius 2 is 1.88 bits per heavy atom. The van der Waals surface area contributed by atoms with Crippen LogP contribution in [0.1, 0.15) is 26.2 Å². The van der Waals surface area contributed by atoms with Gasteiger partial charge in [-0.1, -0.05) is 49.3 Å². The largest absolute Gasteiger partial charge is 0.440 e. The molecule has 0 amide bonds. The number of halogens is 1. The first-order chi connectivity index (χ1) is 16.0. The maximum Gasteiger partial charge on any atom is 0.262 e. The Morgan fingerprint density at radius 3 is 2.67 bits per heavy atom. The first kappa shape index (κ1) is 21.7. The molecule has 0 spiro atoms. The van der Waals surface area contributed by atoms with E-state index in [0.717, 1.165) is 17.5 Å². The molecular formula is C24H22ClN5O2S. The molecule has 33 heavy (non-hydrogen) atoms. The predicted molar refractivity (Wildman–Crippen MR) is 131 cm³/mol. The molecule has 0 aliphatic carbocycles. The zero-order valence-electron chi connectivity index (χ0n) is 18.2. The molecule has 0 atom stereocenters. The Balaban J connectivity index is 1.48. The fourth-order valence-electron chi connectivity index (χ4n) is 3.67. The summed E-state index contributed by atoms with van der Waals surface area (Å²) in [5.41, 5.74) is 1.67. The third kappa shape index (κ3) is 4.28. The third-order valence-corrected chi connectivity index (χ3v) is 6.58. The number of oxazole rings is 1. The fourth-order valence-corrected chi connectivity index (χ4v) is 4.59. The lowest BCUT2D eigenvalue weighted by Crippen LogP contribution is -2.24. The lowest BCUT2D eigenvalue weighted by molar-refractivity contribution is 0.512. The van der Waals surface area contributed by atoms with Crippen LogP contribution in [0.15, 0.2) is 69.1 Å². The molecule has 0 aliphatic rings. The van der Waals surface area contributed by atoms with E-state index < -0.39 is 0 Å². The van der Waals surface area contributed by atoms with Gasteiger partial charge in [-0.2, -0.15) is 0 Å². The number of benzene rings is 2.